The van der Waals surface area contributed by atoms with Crippen molar-refractivity contribution >= 4 is 11.8 Å². The lowest BCUT2D eigenvalue weighted by molar-refractivity contribution is 0.113. The van der Waals surface area contributed by atoms with Crippen molar-refractivity contribution < 1.29 is 14.3 Å². The summed E-state index contributed by atoms with van der Waals surface area (Å²) in [7, 11) is 1.62. The number of rotatable bonds is 7. The number of ether oxygens (including phenoxy) is 2. The van der Waals surface area contributed by atoms with E-state index in [9.17, 15) is 4.79 Å². The molecule has 2 aromatic rings. The monoisotopic (exact) mass is 394 g/mol. The third-order valence-electron chi connectivity index (χ3n) is 5.99. The molecule has 0 radical (unpaired) electrons. The first-order chi connectivity index (χ1) is 14.2. The highest BCUT2D eigenvalue weighted by Crippen LogP contribution is 2.31. The van der Waals surface area contributed by atoms with Crippen LogP contribution in [-0.4, -0.2) is 50.4 Å². The Labute approximate surface area is 173 Å². The molecule has 2 aromatic carbocycles. The van der Waals surface area contributed by atoms with Crippen LogP contribution in [0.4, 0.5) is 10.5 Å². The molecule has 0 bridgehead atoms. The summed E-state index contributed by atoms with van der Waals surface area (Å²) in [4.78, 5) is 16.6. The Morgan fingerprint density at radius 3 is 2.69 bits per heavy atom. The van der Waals surface area contributed by atoms with Crippen LogP contribution in [-0.2, 0) is 11.2 Å². The minimum Gasteiger partial charge on any atom is -0.495 e. The number of cyclic esters (lactones) is 1. The molecule has 0 saturated carbocycles. The van der Waals surface area contributed by atoms with Crippen LogP contribution in [0.3, 0.4) is 0 Å². The zero-order valence-corrected chi connectivity index (χ0v) is 17.1. The summed E-state index contributed by atoms with van der Waals surface area (Å²) < 4.78 is 11.0. The molecule has 2 saturated heterocycles. The van der Waals surface area contributed by atoms with Crippen molar-refractivity contribution in [2.75, 3.05) is 38.2 Å². The summed E-state index contributed by atoms with van der Waals surface area (Å²) >= 11 is 0. The fraction of sp³-hybridized carbons (Fsp3) is 0.458. The van der Waals surface area contributed by atoms with E-state index in [1.165, 1.54) is 18.4 Å². The second-order valence-electron chi connectivity index (χ2n) is 8.08. The van der Waals surface area contributed by atoms with E-state index in [1.807, 2.05) is 24.3 Å². The molecule has 0 spiro atoms. The van der Waals surface area contributed by atoms with Gasteiger partial charge in [-0.05, 0) is 55.8 Å². The Morgan fingerprint density at radius 2 is 1.86 bits per heavy atom. The number of hydrogen-bond acceptors (Lipinski definition) is 4. The standard InChI is InChI=1S/C24H30N2O3/c1-28-23-12-6-5-11-22(23)26-18-21(29-24(26)27)13-15-25-14-7-10-20(17-25)16-19-8-3-2-4-9-19/h2-6,8-9,11-12,20-21H,7,10,13-18H2,1H3. The van der Waals surface area contributed by atoms with Gasteiger partial charge in [0.25, 0.3) is 0 Å². The molecule has 2 atom stereocenters. The van der Waals surface area contributed by atoms with Crippen molar-refractivity contribution in [2.24, 2.45) is 5.92 Å². The Bertz CT molecular complexity index is 811. The SMILES string of the molecule is COc1ccccc1N1CC(CCN2CCCC(Cc3ccccc3)C2)OC1=O. The number of para-hydroxylation sites is 2. The number of hydrogen-bond donors (Lipinski definition) is 0. The van der Waals surface area contributed by atoms with E-state index in [0.717, 1.165) is 38.2 Å². The van der Waals surface area contributed by atoms with Crippen molar-refractivity contribution in [1.29, 1.82) is 0 Å². The molecule has 1 amide bonds. The lowest BCUT2D eigenvalue weighted by Gasteiger charge is -2.33. The average molecular weight is 395 g/mol. The van der Waals surface area contributed by atoms with Gasteiger partial charge in [-0.2, -0.15) is 0 Å². The van der Waals surface area contributed by atoms with Gasteiger partial charge in [-0.1, -0.05) is 42.5 Å². The molecule has 4 rings (SSSR count). The smallest absolute Gasteiger partial charge is 0.414 e. The number of amides is 1. The number of methoxy groups -OCH3 is 1. The first kappa shape index (κ1) is 19.8. The van der Waals surface area contributed by atoms with Crippen LogP contribution in [0.15, 0.2) is 54.6 Å². The van der Waals surface area contributed by atoms with E-state index in [0.29, 0.717) is 18.2 Å². The molecule has 5 nitrogen and oxygen atoms in total. The molecule has 2 unspecified atom stereocenters. The predicted molar refractivity (Wildman–Crippen MR) is 115 cm³/mol. The number of carbonyl (C=O) groups excluding carboxylic acids is 1. The van der Waals surface area contributed by atoms with Gasteiger partial charge in [0, 0.05) is 13.1 Å². The molecule has 2 fully saturated rings. The highest BCUT2D eigenvalue weighted by molar-refractivity contribution is 5.91. The van der Waals surface area contributed by atoms with Crippen LogP contribution >= 0.6 is 0 Å². The van der Waals surface area contributed by atoms with E-state index >= 15 is 0 Å². The van der Waals surface area contributed by atoms with E-state index < -0.39 is 0 Å². The summed E-state index contributed by atoms with van der Waals surface area (Å²) in [5, 5.41) is 0. The van der Waals surface area contributed by atoms with Crippen LogP contribution in [0.2, 0.25) is 0 Å². The van der Waals surface area contributed by atoms with E-state index in [4.69, 9.17) is 9.47 Å². The molecule has 2 aliphatic rings. The fourth-order valence-electron chi connectivity index (χ4n) is 4.52. The topological polar surface area (TPSA) is 42.0 Å². The largest absolute Gasteiger partial charge is 0.495 e. The van der Waals surface area contributed by atoms with E-state index in [-0.39, 0.29) is 12.2 Å². The maximum Gasteiger partial charge on any atom is 0.414 e. The van der Waals surface area contributed by atoms with E-state index in [2.05, 4.69) is 35.2 Å². The predicted octanol–water partition coefficient (Wildman–Crippen LogP) is 4.37. The second-order valence-corrected chi connectivity index (χ2v) is 8.08. The van der Waals surface area contributed by atoms with Gasteiger partial charge in [0.1, 0.15) is 11.9 Å². The summed E-state index contributed by atoms with van der Waals surface area (Å²) in [5.41, 5.74) is 2.21. The first-order valence-corrected chi connectivity index (χ1v) is 10.6. The molecule has 2 heterocycles. The summed E-state index contributed by atoms with van der Waals surface area (Å²) in [6, 6.07) is 18.4. The van der Waals surface area contributed by atoms with Gasteiger partial charge in [0.2, 0.25) is 0 Å². The number of carbonyl (C=O) groups is 1. The van der Waals surface area contributed by atoms with Gasteiger partial charge < -0.3 is 14.4 Å². The van der Waals surface area contributed by atoms with Gasteiger partial charge in [-0.3, -0.25) is 4.90 Å². The molecule has 29 heavy (non-hydrogen) atoms. The summed E-state index contributed by atoms with van der Waals surface area (Å²) in [6.45, 7) is 3.83. The lowest BCUT2D eigenvalue weighted by atomic mass is 9.91. The normalized spacial score (nSPS) is 22.5. The average Bonchev–Trinajstić information content (AvgIpc) is 3.13. The third kappa shape index (κ3) is 4.91. The molecular formula is C24H30N2O3. The van der Waals surface area contributed by atoms with Crippen molar-refractivity contribution in [3.63, 3.8) is 0 Å². The Kier molecular flexibility index (Phi) is 6.35. The highest BCUT2D eigenvalue weighted by Gasteiger charge is 2.34. The Morgan fingerprint density at radius 1 is 1.07 bits per heavy atom. The van der Waals surface area contributed by atoms with Crippen molar-refractivity contribution in [1.82, 2.24) is 4.90 Å². The number of benzene rings is 2. The molecule has 2 aliphatic heterocycles. The number of nitrogens with zero attached hydrogens (tertiary/aromatic N) is 2. The van der Waals surface area contributed by atoms with Crippen LogP contribution in [0.1, 0.15) is 24.8 Å². The summed E-state index contributed by atoms with van der Waals surface area (Å²) in [6.07, 6.45) is 4.22. The third-order valence-corrected chi connectivity index (χ3v) is 5.99. The second kappa shape index (κ2) is 9.31. The van der Waals surface area contributed by atoms with Gasteiger partial charge in [-0.25, -0.2) is 4.79 Å². The van der Waals surface area contributed by atoms with Crippen LogP contribution < -0.4 is 9.64 Å². The quantitative estimate of drug-likeness (QED) is 0.700. The van der Waals surface area contributed by atoms with Gasteiger partial charge >= 0.3 is 6.09 Å². The Balaban J connectivity index is 1.28. The maximum absolute atomic E-state index is 12.4. The number of piperidine rings is 1. The molecule has 0 N–H and O–H groups in total. The molecule has 5 heteroatoms. The maximum atomic E-state index is 12.4. The fourth-order valence-corrected chi connectivity index (χ4v) is 4.52. The number of anilines is 1. The Hall–Kier alpha value is -2.53. The zero-order valence-electron chi connectivity index (χ0n) is 17.1. The summed E-state index contributed by atoms with van der Waals surface area (Å²) in [5.74, 6) is 1.41. The lowest BCUT2D eigenvalue weighted by Crippen LogP contribution is -2.38. The first-order valence-electron chi connectivity index (χ1n) is 10.6. The number of likely N-dealkylation sites (tertiary alicyclic amines) is 1. The van der Waals surface area contributed by atoms with E-state index in [1.54, 1.807) is 12.0 Å². The van der Waals surface area contributed by atoms with Crippen molar-refractivity contribution in [3.05, 3.63) is 60.2 Å². The van der Waals surface area contributed by atoms with Crippen LogP contribution in [0, 0.1) is 5.92 Å². The molecule has 0 aromatic heterocycles. The van der Waals surface area contributed by atoms with Crippen molar-refractivity contribution in [3.8, 4) is 5.75 Å². The highest BCUT2D eigenvalue weighted by atomic mass is 16.6. The van der Waals surface area contributed by atoms with Crippen LogP contribution in [0.5, 0.6) is 5.75 Å². The molecule has 154 valence electrons. The minimum atomic E-state index is -0.278. The van der Waals surface area contributed by atoms with Gasteiger partial charge in [0.15, 0.2) is 0 Å². The van der Waals surface area contributed by atoms with Crippen molar-refractivity contribution in [2.45, 2.75) is 31.8 Å². The van der Waals surface area contributed by atoms with Gasteiger partial charge in [-0.15, -0.1) is 0 Å². The zero-order chi connectivity index (χ0) is 20.1. The molecule has 0 aliphatic carbocycles. The van der Waals surface area contributed by atoms with Crippen LogP contribution in [0.25, 0.3) is 0 Å². The van der Waals surface area contributed by atoms with Gasteiger partial charge in [0.05, 0.1) is 19.3 Å². The minimum absolute atomic E-state index is 0.0677. The molecular weight excluding hydrogens is 364 g/mol.